The van der Waals surface area contributed by atoms with E-state index < -0.39 is 0 Å². The molecule has 1 aromatic rings. The van der Waals surface area contributed by atoms with Crippen molar-refractivity contribution in [2.45, 2.75) is 20.8 Å². The minimum absolute atomic E-state index is 0.842. The monoisotopic (exact) mass is 187 g/mol. The summed E-state index contributed by atoms with van der Waals surface area (Å²) in [6.45, 7) is 6.15. The predicted octanol–water partition coefficient (Wildman–Crippen LogP) is 3.56. The highest BCUT2D eigenvalue weighted by molar-refractivity contribution is 5.75. The van der Waals surface area contributed by atoms with Crippen molar-refractivity contribution in [3.63, 3.8) is 0 Å². The standard InChI is InChI=1S/C13H17N/c1-4-5-6-11(3)12-9-10(2)7-8-13(12)14/h4-9H,14H2,1-3H3/b5-4-,11-6-. The second kappa shape index (κ2) is 4.66. The number of nitrogen functional groups attached to an aromatic ring is 1. The summed E-state index contributed by atoms with van der Waals surface area (Å²) in [7, 11) is 0. The minimum atomic E-state index is 0.842. The molecule has 0 aliphatic rings. The van der Waals surface area contributed by atoms with Crippen molar-refractivity contribution in [2.75, 3.05) is 5.73 Å². The molecule has 0 radical (unpaired) electrons. The van der Waals surface area contributed by atoms with E-state index in [4.69, 9.17) is 5.73 Å². The molecule has 0 bridgehead atoms. The van der Waals surface area contributed by atoms with E-state index in [1.807, 2.05) is 31.2 Å². The third kappa shape index (κ3) is 2.49. The zero-order valence-corrected chi connectivity index (χ0v) is 9.04. The Balaban J connectivity index is 3.11. The highest BCUT2D eigenvalue weighted by Crippen LogP contribution is 2.22. The molecule has 1 aromatic carbocycles. The van der Waals surface area contributed by atoms with E-state index in [1.54, 1.807) is 0 Å². The number of rotatable bonds is 2. The Labute approximate surface area is 85.9 Å². The highest BCUT2D eigenvalue weighted by Gasteiger charge is 2.00. The van der Waals surface area contributed by atoms with Crippen molar-refractivity contribution in [2.24, 2.45) is 0 Å². The van der Waals surface area contributed by atoms with Crippen LogP contribution in [0.3, 0.4) is 0 Å². The van der Waals surface area contributed by atoms with Crippen LogP contribution in [0.2, 0.25) is 0 Å². The molecule has 0 fully saturated rings. The molecule has 0 atom stereocenters. The van der Waals surface area contributed by atoms with Crippen LogP contribution >= 0.6 is 0 Å². The Bertz CT molecular complexity index is 373. The smallest absolute Gasteiger partial charge is 0.0390 e. The summed E-state index contributed by atoms with van der Waals surface area (Å²) in [5.41, 5.74) is 10.3. The van der Waals surface area contributed by atoms with E-state index in [0.29, 0.717) is 0 Å². The number of allylic oxidation sites excluding steroid dienone is 4. The molecule has 1 rings (SSSR count). The van der Waals surface area contributed by atoms with Crippen LogP contribution in [-0.4, -0.2) is 0 Å². The zero-order chi connectivity index (χ0) is 10.6. The molecule has 0 saturated carbocycles. The van der Waals surface area contributed by atoms with Gasteiger partial charge in [-0.1, -0.05) is 29.9 Å². The number of anilines is 1. The average molecular weight is 187 g/mol. The number of benzene rings is 1. The fourth-order valence-corrected chi connectivity index (χ4v) is 1.34. The second-order valence-electron chi connectivity index (χ2n) is 3.47. The minimum Gasteiger partial charge on any atom is -0.398 e. The van der Waals surface area contributed by atoms with Crippen molar-refractivity contribution in [1.82, 2.24) is 0 Å². The molecular formula is C13H17N. The molecule has 0 unspecified atom stereocenters. The van der Waals surface area contributed by atoms with Crippen LogP contribution in [0.15, 0.2) is 36.4 Å². The van der Waals surface area contributed by atoms with Crippen molar-refractivity contribution in [3.8, 4) is 0 Å². The fraction of sp³-hybridized carbons (Fsp3) is 0.231. The van der Waals surface area contributed by atoms with Crippen molar-refractivity contribution < 1.29 is 0 Å². The maximum absolute atomic E-state index is 5.90. The van der Waals surface area contributed by atoms with Crippen LogP contribution < -0.4 is 5.73 Å². The van der Waals surface area contributed by atoms with Crippen LogP contribution in [0.4, 0.5) is 5.69 Å². The van der Waals surface area contributed by atoms with Gasteiger partial charge in [0.15, 0.2) is 0 Å². The lowest BCUT2D eigenvalue weighted by atomic mass is 10.0. The van der Waals surface area contributed by atoms with Gasteiger partial charge in [-0.05, 0) is 38.5 Å². The predicted molar refractivity (Wildman–Crippen MR) is 64.1 cm³/mol. The lowest BCUT2D eigenvalue weighted by molar-refractivity contribution is 1.44. The van der Waals surface area contributed by atoms with E-state index >= 15 is 0 Å². The first-order valence-corrected chi connectivity index (χ1v) is 4.81. The van der Waals surface area contributed by atoms with Gasteiger partial charge in [0.1, 0.15) is 0 Å². The third-order valence-corrected chi connectivity index (χ3v) is 2.17. The molecule has 0 aromatic heterocycles. The topological polar surface area (TPSA) is 26.0 Å². The zero-order valence-electron chi connectivity index (χ0n) is 9.04. The van der Waals surface area contributed by atoms with E-state index in [1.165, 1.54) is 11.1 Å². The SMILES string of the molecule is C/C=C\C=C(\C)c1cc(C)ccc1N. The quantitative estimate of drug-likeness (QED) is 0.556. The fourth-order valence-electron chi connectivity index (χ4n) is 1.34. The van der Waals surface area contributed by atoms with Gasteiger partial charge < -0.3 is 5.73 Å². The van der Waals surface area contributed by atoms with Gasteiger partial charge in [-0.25, -0.2) is 0 Å². The van der Waals surface area contributed by atoms with Crippen molar-refractivity contribution in [3.05, 3.63) is 47.6 Å². The molecule has 1 heteroatoms. The summed E-state index contributed by atoms with van der Waals surface area (Å²) in [4.78, 5) is 0. The van der Waals surface area contributed by atoms with Gasteiger partial charge >= 0.3 is 0 Å². The molecule has 74 valence electrons. The normalized spacial score (nSPS) is 12.4. The van der Waals surface area contributed by atoms with E-state index in [-0.39, 0.29) is 0 Å². The molecule has 0 heterocycles. The molecule has 0 spiro atoms. The van der Waals surface area contributed by atoms with E-state index in [0.717, 1.165) is 11.3 Å². The molecule has 0 amide bonds. The summed E-state index contributed by atoms with van der Waals surface area (Å²) in [6.07, 6.45) is 6.11. The molecular weight excluding hydrogens is 170 g/mol. The number of hydrogen-bond acceptors (Lipinski definition) is 1. The van der Waals surface area contributed by atoms with E-state index in [9.17, 15) is 0 Å². The summed E-state index contributed by atoms with van der Waals surface area (Å²) >= 11 is 0. The Morgan fingerprint density at radius 2 is 2.07 bits per heavy atom. The molecule has 1 nitrogen and oxygen atoms in total. The second-order valence-corrected chi connectivity index (χ2v) is 3.47. The van der Waals surface area contributed by atoms with Crippen LogP contribution in [0.1, 0.15) is 25.0 Å². The molecule has 0 aliphatic carbocycles. The summed E-state index contributed by atoms with van der Waals surface area (Å²) in [5.74, 6) is 0. The summed E-state index contributed by atoms with van der Waals surface area (Å²) in [6, 6.07) is 6.10. The number of aryl methyl sites for hydroxylation is 1. The first-order chi connectivity index (χ1) is 6.65. The lowest BCUT2D eigenvalue weighted by Crippen LogP contribution is -1.92. The highest BCUT2D eigenvalue weighted by atomic mass is 14.6. The Morgan fingerprint density at radius 1 is 1.36 bits per heavy atom. The Morgan fingerprint density at radius 3 is 2.71 bits per heavy atom. The number of nitrogens with two attached hydrogens (primary N) is 1. The molecule has 0 saturated heterocycles. The van der Waals surface area contributed by atoms with Crippen LogP contribution in [0, 0.1) is 6.92 Å². The van der Waals surface area contributed by atoms with Crippen LogP contribution in [-0.2, 0) is 0 Å². The van der Waals surface area contributed by atoms with E-state index in [2.05, 4.69) is 26.0 Å². The largest absolute Gasteiger partial charge is 0.398 e. The van der Waals surface area contributed by atoms with Gasteiger partial charge in [-0.15, -0.1) is 0 Å². The van der Waals surface area contributed by atoms with Gasteiger partial charge in [-0.2, -0.15) is 0 Å². The van der Waals surface area contributed by atoms with Gasteiger partial charge in [0, 0.05) is 11.3 Å². The first kappa shape index (κ1) is 10.6. The third-order valence-electron chi connectivity index (χ3n) is 2.17. The first-order valence-electron chi connectivity index (χ1n) is 4.81. The Hall–Kier alpha value is -1.50. The lowest BCUT2D eigenvalue weighted by Gasteiger charge is -2.06. The van der Waals surface area contributed by atoms with Gasteiger partial charge in [-0.3, -0.25) is 0 Å². The summed E-state index contributed by atoms with van der Waals surface area (Å²) < 4.78 is 0. The van der Waals surface area contributed by atoms with Crippen molar-refractivity contribution in [1.29, 1.82) is 0 Å². The maximum atomic E-state index is 5.90. The van der Waals surface area contributed by atoms with Crippen LogP contribution in [0.25, 0.3) is 5.57 Å². The van der Waals surface area contributed by atoms with Gasteiger partial charge in [0.05, 0.1) is 0 Å². The maximum Gasteiger partial charge on any atom is 0.0390 e. The average Bonchev–Trinajstić information content (AvgIpc) is 2.18. The summed E-state index contributed by atoms with van der Waals surface area (Å²) in [5, 5.41) is 0. The Kier molecular flexibility index (Phi) is 3.52. The molecule has 2 N–H and O–H groups in total. The number of hydrogen-bond donors (Lipinski definition) is 1. The molecule has 0 aliphatic heterocycles. The van der Waals surface area contributed by atoms with Crippen LogP contribution in [0.5, 0.6) is 0 Å². The van der Waals surface area contributed by atoms with Crippen molar-refractivity contribution >= 4 is 11.3 Å². The van der Waals surface area contributed by atoms with Gasteiger partial charge in [0.25, 0.3) is 0 Å². The molecule has 14 heavy (non-hydrogen) atoms. The van der Waals surface area contributed by atoms with Gasteiger partial charge in [0.2, 0.25) is 0 Å².